The van der Waals surface area contributed by atoms with Gasteiger partial charge in [0.2, 0.25) is 0 Å². The summed E-state index contributed by atoms with van der Waals surface area (Å²) >= 11 is 0. The Labute approximate surface area is 113 Å². The van der Waals surface area contributed by atoms with Crippen LogP contribution in [0.4, 0.5) is 0 Å². The number of H-pyrrole nitrogens is 1. The van der Waals surface area contributed by atoms with Crippen molar-refractivity contribution in [1.29, 1.82) is 0 Å². The molecule has 2 N–H and O–H groups in total. The molecule has 19 heavy (non-hydrogen) atoms. The van der Waals surface area contributed by atoms with E-state index in [-0.39, 0.29) is 5.91 Å². The van der Waals surface area contributed by atoms with Gasteiger partial charge in [-0.3, -0.25) is 9.89 Å². The van der Waals surface area contributed by atoms with E-state index in [1.807, 2.05) is 6.07 Å². The molecule has 5 nitrogen and oxygen atoms in total. The number of aromatic nitrogens is 2. The second kappa shape index (κ2) is 5.74. The van der Waals surface area contributed by atoms with Crippen LogP contribution in [-0.2, 0) is 0 Å². The Hall–Kier alpha value is -1.36. The molecule has 0 spiro atoms. The van der Waals surface area contributed by atoms with Crippen LogP contribution in [0.3, 0.4) is 0 Å². The standard InChI is InChI=1S/C14H22N4O/c19-14(13-10-12(16-17-13)11-4-5-11)15-6-9-18-7-2-1-3-8-18/h10-11H,1-9H2,(H,15,19)(H,16,17). The number of rotatable bonds is 5. The number of carbonyl (C=O) groups excluding carboxylic acids is 1. The van der Waals surface area contributed by atoms with Crippen molar-refractivity contribution in [3.63, 3.8) is 0 Å². The first-order valence-corrected chi connectivity index (χ1v) is 7.39. The zero-order valence-corrected chi connectivity index (χ0v) is 11.3. The van der Waals surface area contributed by atoms with Crippen molar-refractivity contribution in [3.05, 3.63) is 17.5 Å². The molecule has 1 aromatic heterocycles. The van der Waals surface area contributed by atoms with Gasteiger partial charge in [-0.15, -0.1) is 0 Å². The molecule has 1 saturated heterocycles. The highest BCUT2D eigenvalue weighted by molar-refractivity contribution is 5.92. The minimum Gasteiger partial charge on any atom is -0.349 e. The Kier molecular flexibility index (Phi) is 3.82. The van der Waals surface area contributed by atoms with Gasteiger partial charge in [-0.05, 0) is 44.8 Å². The van der Waals surface area contributed by atoms with Crippen molar-refractivity contribution in [2.75, 3.05) is 26.2 Å². The van der Waals surface area contributed by atoms with Crippen molar-refractivity contribution in [2.45, 2.75) is 38.0 Å². The number of aromatic amines is 1. The van der Waals surface area contributed by atoms with Gasteiger partial charge in [0.15, 0.2) is 0 Å². The third-order valence-corrected chi connectivity index (χ3v) is 4.01. The van der Waals surface area contributed by atoms with E-state index in [1.54, 1.807) is 0 Å². The van der Waals surface area contributed by atoms with Gasteiger partial charge in [0.05, 0.1) is 0 Å². The molecule has 104 valence electrons. The average Bonchev–Trinajstić information content (AvgIpc) is 3.17. The van der Waals surface area contributed by atoms with Crippen LogP contribution in [0.15, 0.2) is 6.07 Å². The van der Waals surface area contributed by atoms with Crippen LogP contribution in [-0.4, -0.2) is 47.2 Å². The Balaban J connectivity index is 1.42. The fourth-order valence-corrected chi connectivity index (χ4v) is 2.66. The van der Waals surface area contributed by atoms with Crippen LogP contribution < -0.4 is 5.32 Å². The molecule has 1 saturated carbocycles. The average molecular weight is 262 g/mol. The maximum absolute atomic E-state index is 11.9. The zero-order valence-electron chi connectivity index (χ0n) is 11.3. The quantitative estimate of drug-likeness (QED) is 0.845. The van der Waals surface area contributed by atoms with Crippen LogP contribution in [0, 0.1) is 0 Å². The lowest BCUT2D eigenvalue weighted by atomic mass is 10.1. The van der Waals surface area contributed by atoms with Gasteiger partial charge in [-0.2, -0.15) is 5.10 Å². The molecule has 1 aliphatic heterocycles. The molecule has 3 rings (SSSR count). The van der Waals surface area contributed by atoms with E-state index in [4.69, 9.17) is 0 Å². The third-order valence-electron chi connectivity index (χ3n) is 4.01. The molecular weight excluding hydrogens is 240 g/mol. The van der Waals surface area contributed by atoms with E-state index in [1.165, 1.54) is 45.2 Å². The number of carbonyl (C=O) groups is 1. The van der Waals surface area contributed by atoms with Crippen molar-refractivity contribution < 1.29 is 4.79 Å². The molecule has 0 radical (unpaired) electrons. The predicted octanol–water partition coefficient (Wildman–Crippen LogP) is 1.50. The van der Waals surface area contributed by atoms with E-state index in [2.05, 4.69) is 20.4 Å². The maximum Gasteiger partial charge on any atom is 0.271 e. The van der Waals surface area contributed by atoms with Crippen molar-refractivity contribution in [2.24, 2.45) is 0 Å². The Morgan fingerprint density at radius 3 is 2.89 bits per heavy atom. The highest BCUT2D eigenvalue weighted by Gasteiger charge is 2.26. The lowest BCUT2D eigenvalue weighted by Gasteiger charge is -2.26. The molecular formula is C14H22N4O. The molecule has 1 amide bonds. The summed E-state index contributed by atoms with van der Waals surface area (Å²) < 4.78 is 0. The second-order valence-corrected chi connectivity index (χ2v) is 5.64. The molecule has 2 fully saturated rings. The second-order valence-electron chi connectivity index (χ2n) is 5.64. The number of nitrogens with one attached hydrogen (secondary N) is 2. The molecule has 5 heteroatoms. The number of hydrogen-bond donors (Lipinski definition) is 2. The van der Waals surface area contributed by atoms with Crippen LogP contribution in [0.5, 0.6) is 0 Å². The van der Waals surface area contributed by atoms with Crippen LogP contribution >= 0.6 is 0 Å². The summed E-state index contributed by atoms with van der Waals surface area (Å²) in [6.07, 6.45) is 6.37. The fraction of sp³-hybridized carbons (Fsp3) is 0.714. The summed E-state index contributed by atoms with van der Waals surface area (Å²) in [5, 5.41) is 10.0. The molecule has 0 unspecified atom stereocenters. The Morgan fingerprint density at radius 1 is 1.37 bits per heavy atom. The number of amides is 1. The molecule has 1 aliphatic carbocycles. The molecule has 0 atom stereocenters. The predicted molar refractivity (Wildman–Crippen MR) is 73.2 cm³/mol. The van der Waals surface area contributed by atoms with Gasteiger partial charge < -0.3 is 10.2 Å². The summed E-state index contributed by atoms with van der Waals surface area (Å²) in [5.41, 5.74) is 1.64. The first kappa shape index (κ1) is 12.7. The highest BCUT2D eigenvalue weighted by Crippen LogP contribution is 2.38. The summed E-state index contributed by atoms with van der Waals surface area (Å²) in [5.74, 6) is 0.558. The molecule has 1 aromatic rings. The fourth-order valence-electron chi connectivity index (χ4n) is 2.66. The van der Waals surface area contributed by atoms with Gasteiger partial charge in [-0.25, -0.2) is 0 Å². The summed E-state index contributed by atoms with van der Waals surface area (Å²) in [6, 6.07) is 1.90. The van der Waals surface area contributed by atoms with E-state index in [9.17, 15) is 4.79 Å². The normalized spacial score (nSPS) is 20.4. The van der Waals surface area contributed by atoms with Gasteiger partial charge in [0, 0.05) is 24.7 Å². The summed E-state index contributed by atoms with van der Waals surface area (Å²) in [4.78, 5) is 14.4. The van der Waals surface area contributed by atoms with Crippen molar-refractivity contribution in [1.82, 2.24) is 20.4 Å². The van der Waals surface area contributed by atoms with Crippen LogP contribution in [0.2, 0.25) is 0 Å². The highest BCUT2D eigenvalue weighted by atomic mass is 16.1. The number of likely N-dealkylation sites (tertiary alicyclic amines) is 1. The zero-order chi connectivity index (χ0) is 13.1. The molecule has 2 aliphatic rings. The van der Waals surface area contributed by atoms with E-state index in [0.29, 0.717) is 18.2 Å². The smallest absolute Gasteiger partial charge is 0.271 e. The van der Waals surface area contributed by atoms with E-state index in [0.717, 1.165) is 12.2 Å². The monoisotopic (exact) mass is 262 g/mol. The van der Waals surface area contributed by atoms with Gasteiger partial charge in [0.1, 0.15) is 5.69 Å². The number of hydrogen-bond acceptors (Lipinski definition) is 3. The molecule has 2 heterocycles. The van der Waals surface area contributed by atoms with Crippen LogP contribution in [0.1, 0.15) is 54.2 Å². The first-order valence-electron chi connectivity index (χ1n) is 7.39. The number of nitrogens with zero attached hydrogens (tertiary/aromatic N) is 2. The van der Waals surface area contributed by atoms with E-state index < -0.39 is 0 Å². The topological polar surface area (TPSA) is 61.0 Å². The molecule has 0 bridgehead atoms. The Bertz CT molecular complexity index is 432. The molecule has 0 aromatic carbocycles. The van der Waals surface area contributed by atoms with Gasteiger partial charge >= 0.3 is 0 Å². The van der Waals surface area contributed by atoms with Crippen molar-refractivity contribution >= 4 is 5.91 Å². The summed E-state index contributed by atoms with van der Waals surface area (Å²) in [6.45, 7) is 4.00. The Morgan fingerprint density at radius 2 is 2.16 bits per heavy atom. The maximum atomic E-state index is 11.9. The lowest BCUT2D eigenvalue weighted by molar-refractivity contribution is 0.0941. The van der Waals surface area contributed by atoms with Crippen LogP contribution in [0.25, 0.3) is 0 Å². The SMILES string of the molecule is O=C(NCCN1CCCCC1)c1cc(C2CC2)[nH]n1. The van der Waals surface area contributed by atoms with Gasteiger partial charge in [-0.1, -0.05) is 6.42 Å². The number of piperidine rings is 1. The minimum atomic E-state index is -0.0554. The van der Waals surface area contributed by atoms with Crippen molar-refractivity contribution in [3.8, 4) is 0 Å². The van der Waals surface area contributed by atoms with Gasteiger partial charge in [0.25, 0.3) is 5.91 Å². The summed E-state index contributed by atoms with van der Waals surface area (Å²) in [7, 11) is 0. The minimum absolute atomic E-state index is 0.0554. The third kappa shape index (κ3) is 3.35. The first-order chi connectivity index (χ1) is 9.33. The lowest BCUT2D eigenvalue weighted by Crippen LogP contribution is -2.37. The van der Waals surface area contributed by atoms with E-state index >= 15 is 0 Å². The largest absolute Gasteiger partial charge is 0.349 e.